The highest BCUT2D eigenvalue weighted by atomic mass is 31.2. The number of hydrogen-bond acceptors (Lipinski definition) is 8. The van der Waals surface area contributed by atoms with E-state index in [0.29, 0.717) is 17.4 Å². The number of allylic oxidation sites excluding steroid dienone is 6. The lowest BCUT2D eigenvalue weighted by Gasteiger charge is -2.28. The molecule has 0 aromatic carbocycles. The summed E-state index contributed by atoms with van der Waals surface area (Å²) in [5.74, 6) is -0.855. The van der Waals surface area contributed by atoms with Crippen LogP contribution in [0.2, 0.25) is 0 Å². The summed E-state index contributed by atoms with van der Waals surface area (Å²) in [6.07, 6.45) is 41.6. The van der Waals surface area contributed by atoms with Crippen LogP contribution in [0.3, 0.4) is 0 Å². The Balaban J connectivity index is 4.36. The Morgan fingerprint density at radius 3 is 1.51 bits per heavy atom. The summed E-state index contributed by atoms with van der Waals surface area (Å²) in [6.45, 7) is 4.16. The summed E-state index contributed by atoms with van der Waals surface area (Å²) in [4.78, 5) is 37.5. The number of likely N-dealkylation sites (N-methyl/N-ethyl adjacent to an activating group) is 1. The molecular formula is C45H84NO8P. The van der Waals surface area contributed by atoms with Crippen LogP contribution in [0.15, 0.2) is 36.5 Å². The summed E-state index contributed by atoms with van der Waals surface area (Å²) in [6, 6.07) is 0. The molecule has 2 unspecified atom stereocenters. The molecular weight excluding hydrogens is 713 g/mol. The number of hydrogen-bond donors (Lipinski definition) is 0. The van der Waals surface area contributed by atoms with E-state index in [9.17, 15) is 19.0 Å². The predicted molar refractivity (Wildman–Crippen MR) is 227 cm³/mol. The lowest BCUT2D eigenvalue weighted by molar-refractivity contribution is -0.870. The molecule has 0 saturated carbocycles. The van der Waals surface area contributed by atoms with E-state index in [1.807, 2.05) is 21.1 Å². The fourth-order valence-corrected chi connectivity index (χ4v) is 6.57. The summed E-state index contributed by atoms with van der Waals surface area (Å²) in [5, 5.41) is 0. The number of phosphoric ester groups is 1. The summed E-state index contributed by atoms with van der Waals surface area (Å²) < 4.78 is 33.9. The molecule has 0 aliphatic rings. The number of ether oxygens (including phenoxy) is 2. The average molecular weight is 798 g/mol. The van der Waals surface area contributed by atoms with Crippen LogP contribution in [-0.4, -0.2) is 70.0 Å². The molecule has 322 valence electrons. The summed E-state index contributed by atoms with van der Waals surface area (Å²) in [7, 11) is 1.15. The van der Waals surface area contributed by atoms with Crippen LogP contribution in [-0.2, 0) is 32.7 Å². The third-order valence-electron chi connectivity index (χ3n) is 9.38. The molecule has 0 saturated heterocycles. The second kappa shape index (κ2) is 37.8. The van der Waals surface area contributed by atoms with Crippen molar-refractivity contribution in [2.45, 2.75) is 193 Å². The Hall–Kier alpha value is -1.77. The molecule has 2 atom stereocenters. The second-order valence-electron chi connectivity index (χ2n) is 16.1. The van der Waals surface area contributed by atoms with Crippen molar-refractivity contribution in [1.82, 2.24) is 0 Å². The van der Waals surface area contributed by atoms with E-state index in [0.717, 1.165) is 77.0 Å². The van der Waals surface area contributed by atoms with Crippen LogP contribution in [0.1, 0.15) is 187 Å². The van der Waals surface area contributed by atoms with Gasteiger partial charge in [-0.3, -0.25) is 14.2 Å². The number of phosphoric acid groups is 1. The number of carbonyl (C=O) groups excluding carboxylic acids is 2. The Labute approximate surface area is 338 Å². The van der Waals surface area contributed by atoms with Gasteiger partial charge in [0.05, 0.1) is 27.7 Å². The molecule has 0 N–H and O–H groups in total. The van der Waals surface area contributed by atoms with Gasteiger partial charge in [-0.05, 0) is 64.2 Å². The standard InChI is InChI=1S/C45H84NO8P/c1-6-8-10-12-14-16-18-20-22-23-24-26-27-29-31-33-35-37-44(47)51-41-43(42-53-55(49,50)52-40-39-46(3,4)5)54-45(48)38-36-34-32-30-28-25-21-19-17-15-13-11-9-7-2/h13,15,19-22,43H,6-12,14,16-18,23-42H2,1-5H3/b15-13-,21-19-,22-20-. The maximum Gasteiger partial charge on any atom is 0.306 e. The van der Waals surface area contributed by atoms with Crippen molar-refractivity contribution in [3.63, 3.8) is 0 Å². The monoisotopic (exact) mass is 798 g/mol. The van der Waals surface area contributed by atoms with E-state index in [-0.39, 0.29) is 26.1 Å². The van der Waals surface area contributed by atoms with E-state index in [2.05, 4.69) is 50.3 Å². The van der Waals surface area contributed by atoms with Gasteiger partial charge < -0.3 is 27.9 Å². The van der Waals surface area contributed by atoms with E-state index in [1.165, 1.54) is 77.0 Å². The van der Waals surface area contributed by atoms with Crippen LogP contribution in [0.25, 0.3) is 0 Å². The Morgan fingerprint density at radius 2 is 1.00 bits per heavy atom. The minimum atomic E-state index is -4.63. The van der Waals surface area contributed by atoms with E-state index >= 15 is 0 Å². The van der Waals surface area contributed by atoms with Gasteiger partial charge in [-0.2, -0.15) is 0 Å². The summed E-state index contributed by atoms with van der Waals surface area (Å²) in [5.41, 5.74) is 0. The zero-order valence-corrected chi connectivity index (χ0v) is 37.0. The van der Waals surface area contributed by atoms with Crippen LogP contribution in [0.4, 0.5) is 0 Å². The van der Waals surface area contributed by atoms with Crippen molar-refractivity contribution >= 4 is 19.8 Å². The van der Waals surface area contributed by atoms with Gasteiger partial charge >= 0.3 is 11.9 Å². The third-order valence-corrected chi connectivity index (χ3v) is 10.3. The molecule has 0 spiro atoms. The quantitative estimate of drug-likeness (QED) is 0.0198. The largest absolute Gasteiger partial charge is 0.756 e. The first-order valence-corrected chi connectivity index (χ1v) is 23.7. The number of unbranched alkanes of at least 4 members (excludes halogenated alkanes) is 20. The first kappa shape index (κ1) is 53.2. The summed E-state index contributed by atoms with van der Waals surface area (Å²) >= 11 is 0. The maximum absolute atomic E-state index is 12.7. The van der Waals surface area contributed by atoms with Crippen LogP contribution in [0.5, 0.6) is 0 Å². The Morgan fingerprint density at radius 1 is 0.564 bits per heavy atom. The molecule has 9 nitrogen and oxygen atoms in total. The van der Waals surface area contributed by atoms with E-state index in [4.69, 9.17) is 18.5 Å². The van der Waals surface area contributed by atoms with Crippen molar-refractivity contribution in [3.8, 4) is 0 Å². The second-order valence-corrected chi connectivity index (χ2v) is 17.5. The highest BCUT2D eigenvalue weighted by Gasteiger charge is 2.21. The zero-order valence-electron chi connectivity index (χ0n) is 36.1. The molecule has 0 rings (SSSR count). The lowest BCUT2D eigenvalue weighted by Crippen LogP contribution is -2.37. The van der Waals surface area contributed by atoms with Gasteiger partial charge in [0.1, 0.15) is 19.8 Å². The number of esters is 2. The fraction of sp³-hybridized carbons (Fsp3) is 0.822. The predicted octanol–water partition coefficient (Wildman–Crippen LogP) is 11.9. The highest BCUT2D eigenvalue weighted by molar-refractivity contribution is 7.45. The molecule has 55 heavy (non-hydrogen) atoms. The third kappa shape index (κ3) is 41.7. The van der Waals surface area contributed by atoms with Crippen molar-refractivity contribution in [3.05, 3.63) is 36.5 Å². The molecule has 0 bridgehead atoms. The van der Waals surface area contributed by atoms with Crippen LogP contribution < -0.4 is 4.89 Å². The average Bonchev–Trinajstić information content (AvgIpc) is 3.13. The molecule has 0 aliphatic carbocycles. The molecule has 0 fully saturated rings. The smallest absolute Gasteiger partial charge is 0.306 e. The molecule has 0 aromatic heterocycles. The van der Waals surface area contributed by atoms with Crippen molar-refractivity contribution in [1.29, 1.82) is 0 Å². The molecule has 0 heterocycles. The van der Waals surface area contributed by atoms with Gasteiger partial charge in [-0.15, -0.1) is 0 Å². The van der Waals surface area contributed by atoms with Gasteiger partial charge in [0.15, 0.2) is 6.10 Å². The molecule has 0 radical (unpaired) electrons. The van der Waals surface area contributed by atoms with Crippen molar-refractivity contribution in [2.75, 3.05) is 47.5 Å². The van der Waals surface area contributed by atoms with Gasteiger partial charge in [0, 0.05) is 12.8 Å². The molecule has 0 amide bonds. The maximum atomic E-state index is 12.7. The van der Waals surface area contributed by atoms with Gasteiger partial charge in [0.2, 0.25) is 0 Å². The molecule has 10 heteroatoms. The van der Waals surface area contributed by atoms with E-state index < -0.39 is 32.5 Å². The van der Waals surface area contributed by atoms with Gasteiger partial charge in [-0.25, -0.2) is 0 Å². The number of rotatable bonds is 40. The Kier molecular flexibility index (Phi) is 36.6. The van der Waals surface area contributed by atoms with Gasteiger partial charge in [0.25, 0.3) is 7.82 Å². The van der Waals surface area contributed by atoms with Crippen molar-refractivity contribution in [2.24, 2.45) is 0 Å². The Bertz CT molecular complexity index is 1040. The number of quaternary nitrogens is 1. The zero-order chi connectivity index (χ0) is 40.7. The van der Waals surface area contributed by atoms with Crippen LogP contribution >= 0.6 is 7.82 Å². The minimum Gasteiger partial charge on any atom is -0.756 e. The van der Waals surface area contributed by atoms with Crippen LogP contribution in [0, 0.1) is 0 Å². The van der Waals surface area contributed by atoms with Crippen molar-refractivity contribution < 1.29 is 42.1 Å². The minimum absolute atomic E-state index is 0.0345. The van der Waals surface area contributed by atoms with E-state index in [1.54, 1.807) is 0 Å². The normalized spacial score (nSPS) is 13.9. The lowest BCUT2D eigenvalue weighted by atomic mass is 10.1. The first-order chi connectivity index (χ1) is 26.5. The fourth-order valence-electron chi connectivity index (χ4n) is 5.84. The molecule has 0 aliphatic heterocycles. The topological polar surface area (TPSA) is 111 Å². The SMILES string of the molecule is CCCC/C=C\C/C=C\CCCCCCCC(=O)OC(COC(=O)CCCCCCCCC/C=C\CCCCCCCC)COP(=O)([O-])OCC[N+](C)(C)C. The number of nitrogens with zero attached hydrogens (tertiary/aromatic N) is 1. The molecule has 0 aromatic rings. The van der Waals surface area contributed by atoms with Gasteiger partial charge in [-0.1, -0.05) is 147 Å². The first-order valence-electron chi connectivity index (χ1n) is 22.2. The highest BCUT2D eigenvalue weighted by Crippen LogP contribution is 2.38. The number of carbonyl (C=O) groups is 2.